The zero-order valence-electron chi connectivity index (χ0n) is 24.9. The van der Waals surface area contributed by atoms with Crippen molar-refractivity contribution in [2.75, 3.05) is 19.8 Å². The minimum Gasteiger partial charge on any atom is -0.465 e. The summed E-state index contributed by atoms with van der Waals surface area (Å²) < 4.78 is 36.0. The van der Waals surface area contributed by atoms with Gasteiger partial charge in [0.15, 0.2) is 0 Å². The molecule has 5 aliphatic rings. The van der Waals surface area contributed by atoms with Gasteiger partial charge in [-0.05, 0) is 33.6 Å². The maximum absolute atomic E-state index is 13.4. The summed E-state index contributed by atoms with van der Waals surface area (Å²) in [4.78, 5) is 38.5. The van der Waals surface area contributed by atoms with Gasteiger partial charge in [0.05, 0.1) is 43.4 Å². The van der Waals surface area contributed by atoms with Gasteiger partial charge in [0.2, 0.25) is 0 Å². The fourth-order valence-electron chi connectivity index (χ4n) is 7.45. The summed E-state index contributed by atoms with van der Waals surface area (Å²) in [6, 6.07) is 0. The molecule has 2 bridgehead atoms. The van der Waals surface area contributed by atoms with Crippen molar-refractivity contribution in [3.05, 3.63) is 36.0 Å². The number of aliphatic hydroxyl groups is 2. The van der Waals surface area contributed by atoms with Crippen LogP contribution in [0, 0.1) is 10.8 Å². The molecule has 2 N–H and O–H groups in total. The summed E-state index contributed by atoms with van der Waals surface area (Å²) in [5.41, 5.74) is -2.67. The highest BCUT2D eigenvalue weighted by molar-refractivity contribution is 5.82. The van der Waals surface area contributed by atoms with Crippen LogP contribution in [0.3, 0.4) is 0 Å². The number of hydrogen-bond donors (Lipinski definition) is 2. The first-order valence-electron chi connectivity index (χ1n) is 14.6. The van der Waals surface area contributed by atoms with Crippen LogP contribution >= 0.6 is 0 Å². The summed E-state index contributed by atoms with van der Waals surface area (Å²) in [5.74, 6) is -1.90. The molecule has 42 heavy (non-hydrogen) atoms. The number of cyclic esters (lactones) is 1. The van der Waals surface area contributed by atoms with Crippen molar-refractivity contribution >= 4 is 17.9 Å². The normalized spacial score (nSPS) is 46.2. The van der Waals surface area contributed by atoms with Gasteiger partial charge in [0.25, 0.3) is 0 Å². The van der Waals surface area contributed by atoms with Gasteiger partial charge in [-0.15, -0.1) is 0 Å². The van der Waals surface area contributed by atoms with Crippen molar-refractivity contribution in [1.29, 1.82) is 0 Å². The highest BCUT2D eigenvalue weighted by Crippen LogP contribution is 2.72. The number of aliphatic hydroxyl groups excluding tert-OH is 2. The number of carbonyl (C=O) groups excluding carboxylic acids is 3. The van der Waals surface area contributed by atoms with E-state index in [0.29, 0.717) is 19.4 Å². The van der Waals surface area contributed by atoms with Gasteiger partial charge < -0.3 is 38.6 Å². The number of esters is 3. The Balaban J connectivity index is 1.53. The highest BCUT2D eigenvalue weighted by atomic mass is 16.6. The van der Waals surface area contributed by atoms with Gasteiger partial charge >= 0.3 is 17.9 Å². The topological polar surface area (TPSA) is 150 Å². The van der Waals surface area contributed by atoms with E-state index in [1.165, 1.54) is 39.0 Å². The molecular weight excluding hydrogens is 548 g/mol. The van der Waals surface area contributed by atoms with Gasteiger partial charge in [-0.1, -0.05) is 36.8 Å². The van der Waals surface area contributed by atoms with E-state index in [1.807, 2.05) is 6.92 Å². The first kappa shape index (κ1) is 30.9. The first-order valence-corrected chi connectivity index (χ1v) is 14.6. The third-order valence-electron chi connectivity index (χ3n) is 10.1. The number of allylic oxidation sites excluding steroid dienone is 3. The fourth-order valence-corrected chi connectivity index (χ4v) is 7.45. The molecule has 3 aliphatic heterocycles. The van der Waals surface area contributed by atoms with E-state index < -0.39 is 76.9 Å². The lowest BCUT2D eigenvalue weighted by Crippen LogP contribution is -2.66. The van der Waals surface area contributed by atoms with Crippen LogP contribution in [0.1, 0.15) is 60.3 Å². The van der Waals surface area contributed by atoms with E-state index in [1.54, 1.807) is 6.08 Å². The molecule has 1 saturated carbocycles. The maximum Gasteiger partial charge on any atom is 0.331 e. The molecule has 10 atom stereocenters. The largest absolute Gasteiger partial charge is 0.465 e. The molecule has 0 aromatic carbocycles. The molecule has 5 rings (SSSR count). The predicted octanol–water partition coefficient (Wildman–Crippen LogP) is 2.08. The number of carbonyl (C=O) groups is 3. The van der Waals surface area contributed by atoms with E-state index in [9.17, 15) is 24.6 Å². The monoisotopic (exact) mass is 590 g/mol. The van der Waals surface area contributed by atoms with Gasteiger partial charge in [-0.25, -0.2) is 4.79 Å². The quantitative estimate of drug-likeness (QED) is 0.211. The van der Waals surface area contributed by atoms with Crippen molar-refractivity contribution in [2.45, 2.75) is 108 Å². The molecule has 0 aromatic rings. The summed E-state index contributed by atoms with van der Waals surface area (Å²) >= 11 is 0. The van der Waals surface area contributed by atoms with Gasteiger partial charge in [0, 0.05) is 24.8 Å². The van der Waals surface area contributed by atoms with Crippen molar-refractivity contribution < 1.29 is 53.0 Å². The Labute approximate surface area is 245 Å². The predicted molar refractivity (Wildman–Crippen MR) is 147 cm³/mol. The van der Waals surface area contributed by atoms with Crippen LogP contribution in [-0.4, -0.2) is 95.8 Å². The third kappa shape index (κ3) is 5.13. The number of ether oxygens (including phenoxy) is 6. The second-order valence-electron chi connectivity index (χ2n) is 12.8. The second-order valence-corrected chi connectivity index (χ2v) is 12.8. The number of epoxide rings is 1. The molecule has 2 saturated heterocycles. The van der Waals surface area contributed by atoms with Crippen LogP contribution in [-0.2, 0) is 42.8 Å². The van der Waals surface area contributed by atoms with E-state index in [0.717, 1.165) is 12.0 Å². The van der Waals surface area contributed by atoms with Crippen molar-refractivity contribution in [1.82, 2.24) is 0 Å². The lowest BCUT2D eigenvalue weighted by Gasteiger charge is -2.58. The van der Waals surface area contributed by atoms with Crippen LogP contribution in [0.4, 0.5) is 0 Å². The molecule has 2 aliphatic carbocycles. The molecule has 2 spiro atoms. The van der Waals surface area contributed by atoms with E-state index >= 15 is 0 Å². The van der Waals surface area contributed by atoms with Crippen molar-refractivity contribution in [3.8, 4) is 0 Å². The van der Waals surface area contributed by atoms with E-state index in [4.69, 9.17) is 28.4 Å². The Hall–Kier alpha value is -2.57. The molecule has 3 fully saturated rings. The zero-order chi connectivity index (χ0) is 30.5. The Morgan fingerprint density at radius 2 is 1.90 bits per heavy atom. The number of hydrogen-bond acceptors (Lipinski definition) is 11. The first-order chi connectivity index (χ1) is 19.8. The zero-order valence-corrected chi connectivity index (χ0v) is 24.9. The summed E-state index contributed by atoms with van der Waals surface area (Å²) in [6.07, 6.45) is 4.82. The van der Waals surface area contributed by atoms with Crippen LogP contribution in [0.5, 0.6) is 0 Å². The Morgan fingerprint density at radius 3 is 2.57 bits per heavy atom. The second kappa shape index (κ2) is 11.2. The molecule has 4 unspecified atom stereocenters. The lowest BCUT2D eigenvalue weighted by molar-refractivity contribution is -0.234. The van der Waals surface area contributed by atoms with Crippen LogP contribution in [0.25, 0.3) is 0 Å². The van der Waals surface area contributed by atoms with Gasteiger partial charge in [0.1, 0.15) is 36.1 Å². The molecule has 11 nitrogen and oxygen atoms in total. The van der Waals surface area contributed by atoms with Gasteiger partial charge in [-0.2, -0.15) is 0 Å². The Bertz CT molecular complexity index is 1190. The molecular formula is C31H42O11. The maximum atomic E-state index is 13.4. The van der Waals surface area contributed by atoms with Crippen LogP contribution in [0.2, 0.25) is 0 Å². The van der Waals surface area contributed by atoms with E-state index in [2.05, 4.69) is 13.0 Å². The van der Waals surface area contributed by atoms with Crippen LogP contribution in [0.15, 0.2) is 36.0 Å². The molecule has 0 radical (unpaired) electrons. The SMILES string of the molecule is CC(=O)OC1(C)CC(=O)OC[C@]23CCC(C)=C[C@H]2O[C@@H]2C[C@@H](OC(=O)/C=C\C=C\C(C(C)O)OCC1O)[C@@]3(C)[C@]21CO1. The lowest BCUT2D eigenvalue weighted by atomic mass is 9.51. The minimum absolute atomic E-state index is 0.0475. The Morgan fingerprint density at radius 1 is 1.17 bits per heavy atom. The van der Waals surface area contributed by atoms with Crippen LogP contribution < -0.4 is 0 Å². The van der Waals surface area contributed by atoms with Gasteiger partial charge in [-0.3, -0.25) is 9.59 Å². The molecule has 11 heteroatoms. The smallest absolute Gasteiger partial charge is 0.331 e. The molecule has 0 amide bonds. The average molecular weight is 591 g/mol. The third-order valence-corrected chi connectivity index (χ3v) is 10.1. The Kier molecular flexibility index (Phi) is 8.21. The summed E-state index contributed by atoms with van der Waals surface area (Å²) in [5, 5.41) is 21.2. The standard InChI is InChI=1S/C31H42O11/c1-18-10-11-30-16-38-27(36)14-28(4,42-20(3)33)22(34)15-37-21(19(2)32)8-6-7-9-26(35)41-23-13-25(40-24(30)12-18)31(17-39-31)29(23,30)5/h6-9,12,19,21-25,32,34H,10-11,13-17H2,1-5H3/b8-6+,9-7-/t19?,21?,22?,23-,24-,25-,28?,29-,30-,31+/m1/s1. The number of rotatable bonds is 2. The molecule has 3 heterocycles. The average Bonchev–Trinajstić information content (AvgIpc) is 3.68. The minimum atomic E-state index is -1.66. The van der Waals surface area contributed by atoms with Crippen molar-refractivity contribution in [2.24, 2.45) is 10.8 Å². The molecule has 232 valence electrons. The summed E-state index contributed by atoms with van der Waals surface area (Å²) in [7, 11) is 0. The summed E-state index contributed by atoms with van der Waals surface area (Å²) in [6.45, 7) is 8.28. The molecule has 0 aromatic heterocycles. The fraction of sp³-hybridized carbons (Fsp3) is 0.710. The highest BCUT2D eigenvalue weighted by Gasteiger charge is 2.83. The van der Waals surface area contributed by atoms with E-state index in [-0.39, 0.29) is 19.3 Å². The van der Waals surface area contributed by atoms with Crippen molar-refractivity contribution in [3.63, 3.8) is 0 Å².